The average Bonchev–Trinajstić information content (AvgIpc) is 2.96. The molecule has 1 atom stereocenters. The fraction of sp³-hybridized carbons (Fsp3) is 0.316. The van der Waals surface area contributed by atoms with E-state index in [9.17, 15) is 17.7 Å². The van der Waals surface area contributed by atoms with Crippen LogP contribution >= 0.6 is 11.3 Å². The average molecular weight is 413 g/mol. The van der Waals surface area contributed by atoms with Crippen LogP contribution in [0.25, 0.3) is 20.2 Å². The molecule has 0 spiro atoms. The van der Waals surface area contributed by atoms with Gasteiger partial charge in [0.25, 0.3) is 0 Å². The van der Waals surface area contributed by atoms with Crippen molar-refractivity contribution in [2.75, 3.05) is 6.61 Å². The van der Waals surface area contributed by atoms with Gasteiger partial charge in [-0.2, -0.15) is 13.2 Å². The minimum absolute atomic E-state index is 0.0704. The molecule has 0 unspecified atom stereocenters. The van der Waals surface area contributed by atoms with Crippen molar-refractivity contribution in [2.24, 2.45) is 4.40 Å². The number of thiophene rings is 1. The molecule has 0 bridgehead atoms. The fourth-order valence-corrected chi connectivity index (χ4v) is 4.18. The first-order valence-corrected chi connectivity index (χ1v) is 10.2. The van der Waals surface area contributed by atoms with Gasteiger partial charge in [0.2, 0.25) is 0 Å². The summed E-state index contributed by atoms with van der Waals surface area (Å²) in [5, 5.41) is 1.67. The molecule has 144 valence electrons. The molecule has 0 fully saturated rings. The second-order valence-corrected chi connectivity index (χ2v) is 9.14. The maximum Gasteiger partial charge on any atom is 0.422 e. The number of nitrogens with zero attached hydrogens (tertiary/aromatic N) is 1. The normalized spacial score (nSPS) is 14.3. The van der Waals surface area contributed by atoms with E-state index in [-0.39, 0.29) is 11.0 Å². The third-order valence-electron chi connectivity index (χ3n) is 3.89. The lowest BCUT2D eigenvalue weighted by molar-refractivity contribution is -0.153. The summed E-state index contributed by atoms with van der Waals surface area (Å²) in [5.41, 5.74) is 1.49. The molecule has 0 aliphatic heterocycles. The second kappa shape index (κ2) is 7.69. The zero-order valence-electron chi connectivity index (χ0n) is 15.0. The van der Waals surface area contributed by atoms with Crippen LogP contribution in [0.5, 0.6) is 5.75 Å². The first-order chi connectivity index (χ1) is 12.6. The Hall–Kier alpha value is -1.77. The number of ether oxygens (including phenoxy) is 1. The Labute approximate surface area is 162 Å². The summed E-state index contributed by atoms with van der Waals surface area (Å²) in [5.74, 6) is 0.177. The Kier molecular flexibility index (Phi) is 5.69. The molecule has 0 N–H and O–H groups in total. The molecule has 2 aromatic carbocycles. The second-order valence-electron chi connectivity index (χ2n) is 6.38. The third-order valence-corrected chi connectivity index (χ3v) is 6.30. The Balaban J connectivity index is 2.00. The van der Waals surface area contributed by atoms with Crippen LogP contribution in [0.1, 0.15) is 26.3 Å². The molecule has 0 aliphatic carbocycles. The van der Waals surface area contributed by atoms with E-state index in [0.717, 1.165) is 25.7 Å². The fourth-order valence-electron chi connectivity index (χ4n) is 2.53. The summed E-state index contributed by atoms with van der Waals surface area (Å²) < 4.78 is 60.2. The van der Waals surface area contributed by atoms with Crippen molar-refractivity contribution in [3.8, 4) is 5.75 Å². The van der Waals surface area contributed by atoms with Gasteiger partial charge < -0.3 is 9.29 Å². The topological polar surface area (TPSA) is 44.7 Å². The van der Waals surface area contributed by atoms with Gasteiger partial charge in [-0.3, -0.25) is 0 Å². The van der Waals surface area contributed by atoms with Gasteiger partial charge in [-0.1, -0.05) is 10.5 Å². The van der Waals surface area contributed by atoms with Crippen molar-refractivity contribution in [1.29, 1.82) is 0 Å². The summed E-state index contributed by atoms with van der Waals surface area (Å²) in [4.78, 5) is 0. The highest BCUT2D eigenvalue weighted by atomic mass is 32.2. The van der Waals surface area contributed by atoms with Crippen LogP contribution < -0.4 is 4.74 Å². The van der Waals surface area contributed by atoms with E-state index in [0.29, 0.717) is 5.71 Å². The Morgan fingerprint density at radius 3 is 2.41 bits per heavy atom. The zero-order chi connectivity index (χ0) is 19.8. The first-order valence-electron chi connectivity index (χ1n) is 8.26. The minimum atomic E-state index is -4.38. The van der Waals surface area contributed by atoms with Gasteiger partial charge in [-0.25, -0.2) is 0 Å². The molecule has 0 amide bonds. The van der Waals surface area contributed by atoms with Crippen LogP contribution in [0.15, 0.2) is 40.8 Å². The Morgan fingerprint density at radius 2 is 1.78 bits per heavy atom. The highest BCUT2D eigenvalue weighted by Gasteiger charge is 2.28. The molecular formula is C19H18F3NO2S2. The SMILES string of the molecule is CC(=N[S@+]([O-])C(C)C)c1ccc2sc3ccc(OCC(F)(F)F)cc3c2c1. The summed E-state index contributed by atoms with van der Waals surface area (Å²) in [6.45, 7) is 4.16. The standard InChI is InChI=1S/C19H18F3NO2S2/c1-11(2)27(24)23-12(3)13-4-6-17-15(8-13)16-9-14(5-7-18(16)26-17)25-10-19(20,21)22/h4-9,11H,10H2,1-3H3/t27-/m1/s1. The minimum Gasteiger partial charge on any atom is -0.591 e. The summed E-state index contributed by atoms with van der Waals surface area (Å²) in [6.07, 6.45) is -4.38. The number of hydrogen-bond donors (Lipinski definition) is 0. The van der Waals surface area contributed by atoms with E-state index in [1.165, 1.54) is 0 Å². The highest BCUT2D eigenvalue weighted by Crippen LogP contribution is 2.36. The monoisotopic (exact) mass is 413 g/mol. The number of alkyl halides is 3. The van der Waals surface area contributed by atoms with Crippen molar-refractivity contribution < 1.29 is 22.5 Å². The van der Waals surface area contributed by atoms with E-state index < -0.39 is 24.1 Å². The van der Waals surface area contributed by atoms with E-state index in [1.54, 1.807) is 36.5 Å². The quantitative estimate of drug-likeness (QED) is 0.387. The maximum absolute atomic E-state index is 12.4. The van der Waals surface area contributed by atoms with Gasteiger partial charge in [-0.05, 0) is 51.1 Å². The van der Waals surface area contributed by atoms with Crippen LogP contribution in [0.4, 0.5) is 13.2 Å². The molecule has 3 rings (SSSR count). The number of halogens is 3. The summed E-state index contributed by atoms with van der Waals surface area (Å²) in [7, 11) is 0. The van der Waals surface area contributed by atoms with Crippen LogP contribution in [0, 0.1) is 0 Å². The van der Waals surface area contributed by atoms with E-state index >= 15 is 0 Å². The molecule has 0 radical (unpaired) electrons. The van der Waals surface area contributed by atoms with Crippen molar-refractivity contribution in [1.82, 2.24) is 0 Å². The summed E-state index contributed by atoms with van der Waals surface area (Å²) in [6, 6.07) is 10.7. The van der Waals surface area contributed by atoms with Crippen LogP contribution in [0.2, 0.25) is 0 Å². The molecular weight excluding hydrogens is 395 g/mol. The van der Waals surface area contributed by atoms with Gasteiger partial charge in [-0.15, -0.1) is 11.3 Å². The molecule has 3 aromatic rings. The van der Waals surface area contributed by atoms with Crippen molar-refractivity contribution >= 4 is 48.6 Å². The lowest BCUT2D eigenvalue weighted by Crippen LogP contribution is -2.19. The highest BCUT2D eigenvalue weighted by molar-refractivity contribution is 7.90. The number of hydrogen-bond acceptors (Lipinski definition) is 4. The van der Waals surface area contributed by atoms with Crippen LogP contribution in [0.3, 0.4) is 0 Å². The van der Waals surface area contributed by atoms with Crippen LogP contribution in [-0.4, -0.2) is 28.3 Å². The van der Waals surface area contributed by atoms with Crippen molar-refractivity contribution in [3.63, 3.8) is 0 Å². The van der Waals surface area contributed by atoms with Crippen molar-refractivity contribution in [2.45, 2.75) is 32.2 Å². The predicted molar refractivity (Wildman–Crippen MR) is 106 cm³/mol. The first kappa shape index (κ1) is 20.0. The third kappa shape index (κ3) is 4.75. The molecule has 27 heavy (non-hydrogen) atoms. The molecule has 1 aromatic heterocycles. The molecule has 1 heterocycles. The Morgan fingerprint density at radius 1 is 1.15 bits per heavy atom. The zero-order valence-corrected chi connectivity index (χ0v) is 16.6. The number of benzene rings is 2. The van der Waals surface area contributed by atoms with E-state index in [1.807, 2.05) is 32.0 Å². The van der Waals surface area contributed by atoms with Gasteiger partial charge in [0.05, 0.1) is 17.1 Å². The summed E-state index contributed by atoms with van der Waals surface area (Å²) >= 11 is 0.251. The molecule has 0 aliphatic rings. The lowest BCUT2D eigenvalue weighted by atomic mass is 10.1. The number of fused-ring (bicyclic) bond motifs is 3. The van der Waals surface area contributed by atoms with Crippen molar-refractivity contribution in [3.05, 3.63) is 42.0 Å². The van der Waals surface area contributed by atoms with E-state index in [4.69, 9.17) is 4.74 Å². The largest absolute Gasteiger partial charge is 0.591 e. The predicted octanol–water partition coefficient (Wildman–Crippen LogP) is 5.88. The van der Waals surface area contributed by atoms with Gasteiger partial charge in [0.1, 0.15) is 11.0 Å². The smallest absolute Gasteiger partial charge is 0.422 e. The van der Waals surface area contributed by atoms with Crippen LogP contribution in [-0.2, 0) is 11.4 Å². The van der Waals surface area contributed by atoms with E-state index in [2.05, 4.69) is 4.40 Å². The molecule has 0 saturated heterocycles. The molecule has 0 saturated carbocycles. The molecule has 3 nitrogen and oxygen atoms in total. The Bertz CT molecular complexity index is 996. The van der Waals surface area contributed by atoms with Gasteiger partial charge >= 0.3 is 6.18 Å². The number of rotatable bonds is 5. The van der Waals surface area contributed by atoms with Gasteiger partial charge in [0, 0.05) is 25.7 Å². The maximum atomic E-state index is 12.4. The molecule has 8 heteroatoms. The van der Waals surface area contributed by atoms with Gasteiger partial charge in [0.15, 0.2) is 6.61 Å². The lowest BCUT2D eigenvalue weighted by Gasteiger charge is -2.09.